The molecule has 0 aromatic carbocycles. The fourth-order valence-electron chi connectivity index (χ4n) is 3.60. The molecule has 3 rings (SSSR count). The zero-order chi connectivity index (χ0) is 14.3. The highest BCUT2D eigenvalue weighted by Crippen LogP contribution is 2.61. The SMILES string of the molecule is CC1(C)[C@@H]2CC[C@H](CN=C(N)CSS(=O)(=O)O)[C@@H]1C2. The Morgan fingerprint density at radius 3 is 2.68 bits per heavy atom. The number of hydrogen-bond acceptors (Lipinski definition) is 4. The predicted molar refractivity (Wildman–Crippen MR) is 78.6 cm³/mol. The van der Waals surface area contributed by atoms with Gasteiger partial charge in [-0.15, -0.1) is 0 Å². The number of aliphatic imine (C=N–C) groups is 1. The van der Waals surface area contributed by atoms with E-state index >= 15 is 0 Å². The van der Waals surface area contributed by atoms with Crippen molar-refractivity contribution >= 4 is 25.8 Å². The summed E-state index contributed by atoms with van der Waals surface area (Å²) in [5.74, 6) is 2.47. The van der Waals surface area contributed by atoms with Gasteiger partial charge in [0.1, 0.15) is 5.84 Å². The Labute approximate surface area is 118 Å². The van der Waals surface area contributed by atoms with Gasteiger partial charge < -0.3 is 5.73 Å². The monoisotopic (exact) mass is 306 g/mol. The zero-order valence-corrected chi connectivity index (χ0v) is 13.0. The van der Waals surface area contributed by atoms with Gasteiger partial charge in [-0.2, -0.15) is 8.42 Å². The van der Waals surface area contributed by atoms with Gasteiger partial charge in [-0.3, -0.25) is 9.55 Å². The van der Waals surface area contributed by atoms with Crippen LogP contribution in [0.2, 0.25) is 0 Å². The number of amidine groups is 1. The van der Waals surface area contributed by atoms with Gasteiger partial charge in [0.25, 0.3) is 0 Å². The van der Waals surface area contributed by atoms with Gasteiger partial charge in [0.2, 0.25) is 0 Å². The second-order valence-corrected chi connectivity index (χ2v) is 9.57. The van der Waals surface area contributed by atoms with Crippen molar-refractivity contribution in [2.75, 3.05) is 12.3 Å². The van der Waals surface area contributed by atoms with Gasteiger partial charge >= 0.3 is 9.15 Å². The molecular formula is C12H22N2O3S2. The van der Waals surface area contributed by atoms with Crippen LogP contribution >= 0.6 is 10.8 Å². The molecule has 2 bridgehead atoms. The minimum atomic E-state index is -4.03. The van der Waals surface area contributed by atoms with E-state index in [9.17, 15) is 8.42 Å². The number of rotatable bonds is 5. The van der Waals surface area contributed by atoms with Crippen molar-refractivity contribution in [2.24, 2.45) is 33.9 Å². The van der Waals surface area contributed by atoms with E-state index < -0.39 is 9.15 Å². The third-order valence-corrected chi connectivity index (χ3v) is 6.84. The molecule has 110 valence electrons. The molecule has 3 aliphatic rings. The molecule has 0 amide bonds. The van der Waals surface area contributed by atoms with Crippen molar-refractivity contribution in [1.82, 2.24) is 0 Å². The van der Waals surface area contributed by atoms with Gasteiger partial charge in [0.15, 0.2) is 0 Å². The Kier molecular flexibility index (Phi) is 4.18. The molecule has 0 unspecified atom stereocenters. The fraction of sp³-hybridized carbons (Fsp3) is 0.917. The third-order valence-electron chi connectivity index (χ3n) is 4.89. The van der Waals surface area contributed by atoms with Crippen molar-refractivity contribution in [1.29, 1.82) is 0 Å². The molecular weight excluding hydrogens is 284 g/mol. The van der Waals surface area contributed by atoms with Crippen molar-refractivity contribution < 1.29 is 13.0 Å². The highest BCUT2D eigenvalue weighted by atomic mass is 33.1. The largest absolute Gasteiger partial charge is 0.387 e. The van der Waals surface area contributed by atoms with E-state index in [1.807, 2.05) is 0 Å². The minimum Gasteiger partial charge on any atom is -0.387 e. The molecule has 3 atom stereocenters. The molecule has 0 radical (unpaired) electrons. The maximum atomic E-state index is 10.6. The maximum absolute atomic E-state index is 10.6. The van der Waals surface area contributed by atoms with Crippen LogP contribution in [-0.2, 0) is 9.15 Å². The first-order chi connectivity index (χ1) is 8.70. The summed E-state index contributed by atoms with van der Waals surface area (Å²) in [7, 11) is -3.62. The predicted octanol–water partition coefficient (Wildman–Crippen LogP) is 1.95. The number of nitrogens with zero attached hydrogens (tertiary/aromatic N) is 1. The van der Waals surface area contributed by atoms with Gasteiger partial charge in [-0.25, -0.2) is 0 Å². The summed E-state index contributed by atoms with van der Waals surface area (Å²) in [6.45, 7) is 5.34. The average molecular weight is 306 g/mol. The second kappa shape index (κ2) is 5.26. The highest BCUT2D eigenvalue weighted by Gasteiger charge is 2.53. The third kappa shape index (κ3) is 3.44. The van der Waals surface area contributed by atoms with Crippen LogP contribution in [0.3, 0.4) is 0 Å². The van der Waals surface area contributed by atoms with Crippen LogP contribution < -0.4 is 5.73 Å². The van der Waals surface area contributed by atoms with Crippen LogP contribution in [0.4, 0.5) is 0 Å². The number of hydrogen-bond donors (Lipinski definition) is 2. The van der Waals surface area contributed by atoms with Crippen molar-refractivity contribution in [3.8, 4) is 0 Å². The van der Waals surface area contributed by atoms with Gasteiger partial charge in [-0.1, -0.05) is 13.8 Å². The van der Waals surface area contributed by atoms with E-state index in [1.165, 1.54) is 19.3 Å². The molecule has 3 aliphatic carbocycles. The lowest BCUT2D eigenvalue weighted by molar-refractivity contribution is -0.101. The lowest BCUT2D eigenvalue weighted by Gasteiger charge is -2.60. The summed E-state index contributed by atoms with van der Waals surface area (Å²) >= 11 is 0. The van der Waals surface area contributed by atoms with Crippen LogP contribution in [0.15, 0.2) is 4.99 Å². The standard InChI is InChI=1S/C12H22N2O3S2/c1-12(2)9-4-3-8(10(12)5-9)6-14-11(13)7-18-19(15,16)17/h8-10H,3-7H2,1-2H3,(H2,13,14)(H,15,16,17)/t8-,9-,10+/m1/s1. The molecule has 3 saturated carbocycles. The summed E-state index contributed by atoms with van der Waals surface area (Å²) in [6.07, 6.45) is 3.76. The van der Waals surface area contributed by atoms with E-state index in [4.69, 9.17) is 10.3 Å². The summed E-state index contributed by atoms with van der Waals surface area (Å²) in [5, 5.41) is 0. The topological polar surface area (TPSA) is 92.8 Å². The number of nitrogens with two attached hydrogens (primary N) is 1. The Morgan fingerprint density at radius 2 is 2.16 bits per heavy atom. The van der Waals surface area contributed by atoms with Crippen LogP contribution in [0.1, 0.15) is 33.1 Å². The van der Waals surface area contributed by atoms with Crippen molar-refractivity contribution in [3.05, 3.63) is 0 Å². The van der Waals surface area contributed by atoms with Crippen LogP contribution in [0, 0.1) is 23.2 Å². The van der Waals surface area contributed by atoms with Crippen LogP contribution in [0.5, 0.6) is 0 Å². The Morgan fingerprint density at radius 1 is 1.47 bits per heavy atom. The average Bonchev–Trinajstić information content (AvgIpc) is 2.33. The van der Waals surface area contributed by atoms with Crippen molar-refractivity contribution in [3.63, 3.8) is 0 Å². The maximum Gasteiger partial charge on any atom is 0.320 e. The fourth-order valence-corrected chi connectivity index (χ4v) is 4.77. The number of fused-ring (bicyclic) bond motifs is 2. The molecule has 0 aromatic rings. The molecule has 3 N–H and O–H groups in total. The Balaban J connectivity index is 1.85. The van der Waals surface area contributed by atoms with E-state index in [2.05, 4.69) is 18.8 Å². The van der Waals surface area contributed by atoms with Crippen LogP contribution in [0.25, 0.3) is 0 Å². The summed E-state index contributed by atoms with van der Waals surface area (Å²) in [5.41, 5.74) is 6.10. The first-order valence-electron chi connectivity index (χ1n) is 6.61. The van der Waals surface area contributed by atoms with Gasteiger partial charge in [0, 0.05) is 17.3 Å². The van der Waals surface area contributed by atoms with E-state index in [0.717, 1.165) is 11.8 Å². The molecule has 5 nitrogen and oxygen atoms in total. The lowest BCUT2D eigenvalue weighted by atomic mass is 9.45. The summed E-state index contributed by atoms with van der Waals surface area (Å²) in [4.78, 5) is 4.29. The molecule has 0 aromatic heterocycles. The molecule has 7 heteroatoms. The Bertz CT molecular complexity index is 471. The van der Waals surface area contributed by atoms with Gasteiger partial charge in [0.05, 0.1) is 5.75 Å². The second-order valence-electron chi connectivity index (χ2n) is 6.22. The molecule has 0 aliphatic heterocycles. The van der Waals surface area contributed by atoms with E-state index in [0.29, 0.717) is 34.5 Å². The van der Waals surface area contributed by atoms with Gasteiger partial charge in [-0.05, 0) is 42.4 Å². The van der Waals surface area contributed by atoms with Crippen molar-refractivity contribution in [2.45, 2.75) is 33.1 Å². The summed E-state index contributed by atoms with van der Waals surface area (Å²) < 4.78 is 29.8. The first-order valence-corrected chi connectivity index (χ1v) is 9.55. The first kappa shape index (κ1) is 15.1. The van der Waals surface area contributed by atoms with Crippen LogP contribution in [-0.4, -0.2) is 31.1 Å². The lowest BCUT2D eigenvalue weighted by Crippen LogP contribution is -2.53. The molecule has 0 spiro atoms. The Hall–Kier alpha value is -0.270. The highest BCUT2D eigenvalue weighted by molar-refractivity contribution is 8.70. The summed E-state index contributed by atoms with van der Waals surface area (Å²) in [6, 6.07) is 0. The molecule has 3 fully saturated rings. The quantitative estimate of drug-likeness (QED) is 0.350. The minimum absolute atomic E-state index is 0.0300. The van der Waals surface area contributed by atoms with E-state index in [-0.39, 0.29) is 5.75 Å². The molecule has 19 heavy (non-hydrogen) atoms. The normalized spacial score (nSPS) is 33.8. The van der Waals surface area contributed by atoms with E-state index in [1.54, 1.807) is 0 Å². The molecule has 0 heterocycles. The zero-order valence-electron chi connectivity index (χ0n) is 11.4. The smallest absolute Gasteiger partial charge is 0.320 e. The molecule has 0 saturated heterocycles.